The van der Waals surface area contributed by atoms with Crippen LogP contribution in [0.25, 0.3) is 0 Å². The summed E-state index contributed by atoms with van der Waals surface area (Å²) in [6.45, 7) is 2.60. The fourth-order valence-corrected chi connectivity index (χ4v) is 2.29. The minimum Gasteiger partial charge on any atom is -0.496 e. The number of rotatable bonds is 7. The number of para-hydroxylation sites is 1. The van der Waals surface area contributed by atoms with Crippen molar-refractivity contribution in [3.63, 3.8) is 0 Å². The highest BCUT2D eigenvalue weighted by Crippen LogP contribution is 2.24. The number of nitrogens with two attached hydrogens (primary N) is 1. The van der Waals surface area contributed by atoms with Gasteiger partial charge in [-0.25, -0.2) is 0 Å². The highest BCUT2D eigenvalue weighted by atomic mass is 16.5. The molecule has 3 heteroatoms. The summed E-state index contributed by atoms with van der Waals surface area (Å²) in [6, 6.07) is 15.8. The SMILES string of the molecule is CCCc1ccc(OCC(N)c2ccccc2OC)cc1. The first-order valence-corrected chi connectivity index (χ1v) is 7.34. The van der Waals surface area contributed by atoms with Crippen LogP contribution in [0.1, 0.15) is 30.5 Å². The number of hydrogen-bond acceptors (Lipinski definition) is 3. The van der Waals surface area contributed by atoms with Crippen LogP contribution in [0, 0.1) is 0 Å². The Kier molecular flexibility index (Phi) is 5.64. The van der Waals surface area contributed by atoms with E-state index < -0.39 is 0 Å². The van der Waals surface area contributed by atoms with E-state index in [0.717, 1.165) is 29.9 Å². The Morgan fingerprint density at radius 3 is 2.43 bits per heavy atom. The highest BCUT2D eigenvalue weighted by Gasteiger charge is 2.12. The van der Waals surface area contributed by atoms with Crippen LogP contribution < -0.4 is 15.2 Å². The van der Waals surface area contributed by atoms with E-state index in [1.807, 2.05) is 36.4 Å². The van der Waals surface area contributed by atoms with Crippen LogP contribution >= 0.6 is 0 Å². The maximum atomic E-state index is 6.19. The fraction of sp³-hybridized carbons (Fsp3) is 0.333. The maximum absolute atomic E-state index is 6.19. The molecule has 0 aromatic heterocycles. The largest absolute Gasteiger partial charge is 0.496 e. The van der Waals surface area contributed by atoms with E-state index in [9.17, 15) is 0 Å². The topological polar surface area (TPSA) is 44.5 Å². The molecule has 21 heavy (non-hydrogen) atoms. The third-order valence-electron chi connectivity index (χ3n) is 3.43. The van der Waals surface area contributed by atoms with Crippen LogP contribution in [0.15, 0.2) is 48.5 Å². The summed E-state index contributed by atoms with van der Waals surface area (Å²) in [5.41, 5.74) is 8.48. The first-order chi connectivity index (χ1) is 10.2. The summed E-state index contributed by atoms with van der Waals surface area (Å²) in [7, 11) is 1.65. The first kappa shape index (κ1) is 15.4. The van der Waals surface area contributed by atoms with Gasteiger partial charge in [-0.15, -0.1) is 0 Å². The summed E-state index contributed by atoms with van der Waals surface area (Å²) in [4.78, 5) is 0. The molecule has 0 saturated carbocycles. The Balaban J connectivity index is 1.95. The van der Waals surface area contributed by atoms with E-state index in [-0.39, 0.29) is 6.04 Å². The second-order valence-corrected chi connectivity index (χ2v) is 5.05. The van der Waals surface area contributed by atoms with Crippen molar-refractivity contribution in [2.75, 3.05) is 13.7 Å². The Bertz CT molecular complexity index is 551. The zero-order valence-corrected chi connectivity index (χ0v) is 12.7. The van der Waals surface area contributed by atoms with Gasteiger partial charge in [-0.05, 0) is 30.2 Å². The van der Waals surface area contributed by atoms with E-state index in [2.05, 4.69) is 19.1 Å². The molecule has 0 radical (unpaired) electrons. The predicted octanol–water partition coefficient (Wildman–Crippen LogP) is 3.73. The van der Waals surface area contributed by atoms with Gasteiger partial charge in [0, 0.05) is 5.56 Å². The van der Waals surface area contributed by atoms with Crippen LogP contribution in [0.3, 0.4) is 0 Å². The monoisotopic (exact) mass is 285 g/mol. The van der Waals surface area contributed by atoms with Gasteiger partial charge in [-0.2, -0.15) is 0 Å². The zero-order chi connectivity index (χ0) is 15.1. The molecule has 2 N–H and O–H groups in total. The molecule has 1 unspecified atom stereocenters. The molecule has 112 valence electrons. The summed E-state index contributed by atoms with van der Waals surface area (Å²) in [5.74, 6) is 1.65. The lowest BCUT2D eigenvalue weighted by Crippen LogP contribution is -2.19. The van der Waals surface area contributed by atoms with Crippen LogP contribution in [0.5, 0.6) is 11.5 Å². The van der Waals surface area contributed by atoms with Crippen molar-refractivity contribution in [1.82, 2.24) is 0 Å². The van der Waals surface area contributed by atoms with Crippen molar-refractivity contribution in [1.29, 1.82) is 0 Å². The first-order valence-electron chi connectivity index (χ1n) is 7.34. The standard InChI is InChI=1S/C18H23NO2/c1-3-6-14-9-11-15(12-10-14)21-13-17(19)16-7-4-5-8-18(16)20-2/h4-5,7-12,17H,3,6,13,19H2,1-2H3. The Morgan fingerprint density at radius 1 is 1.05 bits per heavy atom. The molecule has 1 atom stereocenters. The van der Waals surface area contributed by atoms with Gasteiger partial charge in [0.25, 0.3) is 0 Å². The van der Waals surface area contributed by atoms with E-state index in [0.29, 0.717) is 6.61 Å². The fourth-order valence-electron chi connectivity index (χ4n) is 2.29. The van der Waals surface area contributed by atoms with Gasteiger partial charge in [0.1, 0.15) is 18.1 Å². The van der Waals surface area contributed by atoms with Gasteiger partial charge in [-0.1, -0.05) is 43.7 Å². The number of hydrogen-bond donors (Lipinski definition) is 1. The van der Waals surface area contributed by atoms with Crippen molar-refractivity contribution in [2.24, 2.45) is 5.73 Å². The van der Waals surface area contributed by atoms with Gasteiger partial charge >= 0.3 is 0 Å². The molecule has 0 aliphatic heterocycles. The highest BCUT2D eigenvalue weighted by molar-refractivity contribution is 5.36. The van der Waals surface area contributed by atoms with Crippen molar-refractivity contribution in [3.8, 4) is 11.5 Å². The molecular formula is C18H23NO2. The maximum Gasteiger partial charge on any atom is 0.123 e. The van der Waals surface area contributed by atoms with Crippen LogP contribution in [-0.2, 0) is 6.42 Å². The molecule has 0 fully saturated rings. The summed E-state index contributed by atoms with van der Waals surface area (Å²) in [5, 5.41) is 0. The van der Waals surface area contributed by atoms with Gasteiger partial charge in [0.2, 0.25) is 0 Å². The van der Waals surface area contributed by atoms with Crippen molar-refractivity contribution >= 4 is 0 Å². The van der Waals surface area contributed by atoms with Gasteiger partial charge < -0.3 is 15.2 Å². The Hall–Kier alpha value is -2.00. The van der Waals surface area contributed by atoms with Crippen molar-refractivity contribution in [2.45, 2.75) is 25.8 Å². The molecule has 2 aromatic rings. The van der Waals surface area contributed by atoms with E-state index >= 15 is 0 Å². The second-order valence-electron chi connectivity index (χ2n) is 5.05. The number of benzene rings is 2. The zero-order valence-electron chi connectivity index (χ0n) is 12.7. The smallest absolute Gasteiger partial charge is 0.123 e. The molecule has 0 bridgehead atoms. The number of ether oxygens (including phenoxy) is 2. The quantitative estimate of drug-likeness (QED) is 0.843. The molecule has 3 nitrogen and oxygen atoms in total. The van der Waals surface area contributed by atoms with Gasteiger partial charge in [0.05, 0.1) is 13.2 Å². The molecule has 2 aromatic carbocycles. The lowest BCUT2D eigenvalue weighted by atomic mass is 10.1. The van der Waals surface area contributed by atoms with Crippen LogP contribution in [0.2, 0.25) is 0 Å². The minimum atomic E-state index is -0.212. The third kappa shape index (κ3) is 4.23. The van der Waals surface area contributed by atoms with Crippen LogP contribution in [0.4, 0.5) is 0 Å². The minimum absolute atomic E-state index is 0.212. The van der Waals surface area contributed by atoms with Gasteiger partial charge in [-0.3, -0.25) is 0 Å². The lowest BCUT2D eigenvalue weighted by Gasteiger charge is -2.16. The molecule has 0 spiro atoms. The summed E-state index contributed by atoms with van der Waals surface area (Å²) in [6.07, 6.45) is 2.25. The van der Waals surface area contributed by atoms with E-state index in [1.165, 1.54) is 5.56 Å². The molecule has 0 aliphatic rings. The summed E-state index contributed by atoms with van der Waals surface area (Å²) >= 11 is 0. The predicted molar refractivity (Wildman–Crippen MR) is 85.9 cm³/mol. The average molecular weight is 285 g/mol. The summed E-state index contributed by atoms with van der Waals surface area (Å²) < 4.78 is 11.1. The molecule has 0 aliphatic carbocycles. The van der Waals surface area contributed by atoms with E-state index in [4.69, 9.17) is 15.2 Å². The third-order valence-corrected chi connectivity index (χ3v) is 3.43. The van der Waals surface area contributed by atoms with E-state index in [1.54, 1.807) is 7.11 Å². The molecule has 0 heterocycles. The lowest BCUT2D eigenvalue weighted by molar-refractivity contribution is 0.286. The Labute approximate surface area is 126 Å². The van der Waals surface area contributed by atoms with Crippen molar-refractivity contribution in [3.05, 3.63) is 59.7 Å². The number of methoxy groups -OCH3 is 1. The second kappa shape index (κ2) is 7.70. The normalized spacial score (nSPS) is 12.0. The number of aryl methyl sites for hydroxylation is 1. The van der Waals surface area contributed by atoms with Crippen molar-refractivity contribution < 1.29 is 9.47 Å². The average Bonchev–Trinajstić information content (AvgIpc) is 2.54. The molecule has 0 saturated heterocycles. The molecular weight excluding hydrogens is 262 g/mol. The van der Waals surface area contributed by atoms with Crippen LogP contribution in [-0.4, -0.2) is 13.7 Å². The Morgan fingerprint density at radius 2 is 1.76 bits per heavy atom. The molecule has 0 amide bonds. The van der Waals surface area contributed by atoms with Gasteiger partial charge in [0.15, 0.2) is 0 Å². The molecule has 2 rings (SSSR count).